The number of benzene rings is 1. The molecule has 1 amide bonds. The first-order chi connectivity index (χ1) is 15.8. The van der Waals surface area contributed by atoms with Crippen molar-refractivity contribution in [3.63, 3.8) is 0 Å². The largest absolute Gasteiger partial charge is 0.384 e. The molecule has 2 aromatic heterocycles. The molecule has 172 valence electrons. The van der Waals surface area contributed by atoms with Gasteiger partial charge in [0.1, 0.15) is 11.9 Å². The smallest absolute Gasteiger partial charge is 0.294 e. The zero-order valence-electron chi connectivity index (χ0n) is 19.3. The lowest BCUT2D eigenvalue weighted by molar-refractivity contribution is -0.124. The molecule has 4 rings (SSSR count). The molecule has 3 heterocycles. The molecule has 0 fully saturated rings. The van der Waals surface area contributed by atoms with Crippen LogP contribution in [0, 0.1) is 6.92 Å². The summed E-state index contributed by atoms with van der Waals surface area (Å²) in [5.74, 6) is 0.948. The number of hydrogen-bond donors (Lipinski definition) is 3. The molecule has 33 heavy (non-hydrogen) atoms. The number of nitrogens with zero attached hydrogens (tertiary/aromatic N) is 3. The van der Waals surface area contributed by atoms with Gasteiger partial charge in [-0.1, -0.05) is 44.2 Å². The van der Waals surface area contributed by atoms with Crippen molar-refractivity contribution in [2.75, 3.05) is 11.1 Å². The summed E-state index contributed by atoms with van der Waals surface area (Å²) in [6.07, 6.45) is 2.90. The van der Waals surface area contributed by atoms with Gasteiger partial charge in [-0.25, -0.2) is 9.97 Å². The Bertz CT molecular complexity index is 1230. The summed E-state index contributed by atoms with van der Waals surface area (Å²) in [5.41, 5.74) is 10.2. The van der Waals surface area contributed by atoms with Gasteiger partial charge in [0, 0.05) is 30.7 Å². The minimum absolute atomic E-state index is 0.186. The number of fused-ring (bicyclic) bond motifs is 1. The normalized spacial score (nSPS) is 14.8. The summed E-state index contributed by atoms with van der Waals surface area (Å²) in [4.78, 5) is 34.7. The van der Waals surface area contributed by atoms with Crippen LogP contribution >= 0.6 is 0 Å². The van der Waals surface area contributed by atoms with Crippen LogP contribution < -0.4 is 21.9 Å². The second-order valence-corrected chi connectivity index (χ2v) is 8.78. The topological polar surface area (TPSA) is 115 Å². The Balaban J connectivity index is 1.47. The molecule has 0 bridgehead atoms. The van der Waals surface area contributed by atoms with E-state index in [2.05, 4.69) is 46.6 Å². The highest BCUT2D eigenvalue weighted by molar-refractivity contribution is 5.81. The Hall–Kier alpha value is -3.68. The fourth-order valence-corrected chi connectivity index (χ4v) is 4.16. The van der Waals surface area contributed by atoms with Crippen molar-refractivity contribution in [1.82, 2.24) is 19.9 Å². The summed E-state index contributed by atoms with van der Waals surface area (Å²) in [6.45, 7) is 6.98. The number of nitrogens with one attached hydrogen (secondary N) is 2. The number of pyridine rings is 1. The Morgan fingerprint density at radius 2 is 2.06 bits per heavy atom. The molecular formula is C25H30N6O2. The van der Waals surface area contributed by atoms with Gasteiger partial charge in [0.05, 0.1) is 0 Å². The monoisotopic (exact) mass is 446 g/mol. The molecule has 0 saturated carbocycles. The maximum atomic E-state index is 13.2. The average molecular weight is 447 g/mol. The predicted octanol–water partition coefficient (Wildman–Crippen LogP) is 3.07. The van der Waals surface area contributed by atoms with E-state index in [4.69, 9.17) is 5.73 Å². The number of aromatic nitrogens is 3. The Morgan fingerprint density at radius 1 is 1.24 bits per heavy atom. The molecule has 1 aliphatic heterocycles. The van der Waals surface area contributed by atoms with Crippen molar-refractivity contribution in [3.8, 4) is 0 Å². The van der Waals surface area contributed by atoms with E-state index in [9.17, 15) is 9.59 Å². The van der Waals surface area contributed by atoms with Crippen LogP contribution in [0.15, 0.2) is 47.4 Å². The first-order valence-electron chi connectivity index (χ1n) is 11.3. The zero-order chi connectivity index (χ0) is 23.5. The highest BCUT2D eigenvalue weighted by Gasteiger charge is 2.30. The van der Waals surface area contributed by atoms with E-state index in [1.165, 1.54) is 5.56 Å². The van der Waals surface area contributed by atoms with Gasteiger partial charge in [-0.2, -0.15) is 0 Å². The fourth-order valence-electron chi connectivity index (χ4n) is 4.16. The van der Waals surface area contributed by atoms with Crippen molar-refractivity contribution < 1.29 is 4.79 Å². The molecule has 0 aliphatic carbocycles. The maximum Gasteiger partial charge on any atom is 0.294 e. The molecule has 0 saturated heterocycles. The third kappa shape index (κ3) is 4.89. The predicted molar refractivity (Wildman–Crippen MR) is 129 cm³/mol. The minimum atomic E-state index is -0.553. The quantitative estimate of drug-likeness (QED) is 0.514. The highest BCUT2D eigenvalue weighted by atomic mass is 16.2. The summed E-state index contributed by atoms with van der Waals surface area (Å²) >= 11 is 0. The molecule has 1 aliphatic rings. The summed E-state index contributed by atoms with van der Waals surface area (Å²) in [5, 5.41) is 6.10. The van der Waals surface area contributed by atoms with Gasteiger partial charge in [0.15, 0.2) is 5.82 Å². The van der Waals surface area contributed by atoms with Crippen molar-refractivity contribution >= 4 is 17.5 Å². The van der Waals surface area contributed by atoms with Gasteiger partial charge >= 0.3 is 0 Å². The molecule has 8 heteroatoms. The lowest BCUT2D eigenvalue weighted by Gasteiger charge is -2.16. The van der Waals surface area contributed by atoms with Crippen LogP contribution in [0.3, 0.4) is 0 Å². The Kier molecular flexibility index (Phi) is 6.44. The van der Waals surface area contributed by atoms with Crippen LogP contribution in [0.4, 0.5) is 11.6 Å². The molecule has 3 aromatic rings. The third-order valence-electron chi connectivity index (χ3n) is 6.11. The van der Waals surface area contributed by atoms with Gasteiger partial charge in [0.2, 0.25) is 5.91 Å². The summed E-state index contributed by atoms with van der Waals surface area (Å²) < 4.78 is 1.57. The van der Waals surface area contributed by atoms with E-state index in [1.54, 1.807) is 16.8 Å². The Labute approximate surface area is 193 Å². The van der Waals surface area contributed by atoms with Crippen LogP contribution in [0.1, 0.15) is 60.3 Å². The second kappa shape index (κ2) is 9.44. The molecular weight excluding hydrogens is 416 g/mol. The number of anilines is 2. The van der Waals surface area contributed by atoms with E-state index in [0.717, 1.165) is 22.5 Å². The number of amides is 1. The molecule has 4 N–H and O–H groups in total. The van der Waals surface area contributed by atoms with Crippen LogP contribution in [0.25, 0.3) is 0 Å². The van der Waals surface area contributed by atoms with Gasteiger partial charge in [-0.3, -0.25) is 14.2 Å². The second-order valence-electron chi connectivity index (χ2n) is 8.78. The van der Waals surface area contributed by atoms with Crippen molar-refractivity contribution in [2.24, 2.45) is 0 Å². The van der Waals surface area contributed by atoms with E-state index >= 15 is 0 Å². The van der Waals surface area contributed by atoms with Gasteiger partial charge in [-0.15, -0.1) is 0 Å². The molecule has 1 aromatic carbocycles. The first kappa shape index (κ1) is 22.5. The number of carbonyl (C=O) groups excluding carboxylic acids is 1. The van der Waals surface area contributed by atoms with E-state index in [0.29, 0.717) is 37.7 Å². The standard InChI is InChI=1S/C25H30N6O2/c1-15(2)18-6-4-5-17(11-18)12-27-23-25(33)31-20(14-28-23)8-9-21(31)24(32)29-13-19-7-10-22(26)30-16(19)3/h4-7,10-11,14-15,21H,8-9,12-13H2,1-3H3,(H2,26,30)(H,27,28)(H,29,32)/t21-/m0/s1. The van der Waals surface area contributed by atoms with Crippen LogP contribution in [0.5, 0.6) is 0 Å². The van der Waals surface area contributed by atoms with Gasteiger partial charge in [0.25, 0.3) is 5.56 Å². The van der Waals surface area contributed by atoms with E-state index in [1.807, 2.05) is 25.1 Å². The summed E-state index contributed by atoms with van der Waals surface area (Å²) in [6, 6.07) is 11.3. The van der Waals surface area contributed by atoms with Gasteiger partial charge in [-0.05, 0) is 48.4 Å². The lowest BCUT2D eigenvalue weighted by atomic mass is 10.0. The maximum absolute atomic E-state index is 13.2. The van der Waals surface area contributed by atoms with E-state index < -0.39 is 6.04 Å². The van der Waals surface area contributed by atoms with Crippen molar-refractivity contribution in [2.45, 2.75) is 58.7 Å². The number of aryl methyl sites for hydroxylation is 2. The molecule has 0 radical (unpaired) electrons. The van der Waals surface area contributed by atoms with Crippen molar-refractivity contribution in [1.29, 1.82) is 0 Å². The average Bonchev–Trinajstić information content (AvgIpc) is 3.23. The summed E-state index contributed by atoms with van der Waals surface area (Å²) in [7, 11) is 0. The number of rotatable bonds is 7. The number of nitrogen functional groups attached to an aromatic ring is 1. The Morgan fingerprint density at radius 3 is 2.82 bits per heavy atom. The molecule has 8 nitrogen and oxygen atoms in total. The zero-order valence-corrected chi connectivity index (χ0v) is 19.3. The van der Waals surface area contributed by atoms with Crippen LogP contribution in [0.2, 0.25) is 0 Å². The van der Waals surface area contributed by atoms with Crippen LogP contribution in [-0.4, -0.2) is 20.4 Å². The van der Waals surface area contributed by atoms with Crippen molar-refractivity contribution in [3.05, 3.63) is 81.0 Å². The molecule has 0 spiro atoms. The minimum Gasteiger partial charge on any atom is -0.384 e. The SMILES string of the molecule is Cc1nc(N)ccc1CNC(=O)[C@@H]1CCc2cnc(NCc3cccc(C(C)C)c3)c(=O)n21. The first-order valence-corrected chi connectivity index (χ1v) is 11.3. The fraction of sp³-hybridized carbons (Fsp3) is 0.360. The molecule has 1 atom stereocenters. The highest BCUT2D eigenvalue weighted by Crippen LogP contribution is 2.24. The lowest BCUT2D eigenvalue weighted by Crippen LogP contribution is -2.36. The van der Waals surface area contributed by atoms with Gasteiger partial charge < -0.3 is 16.4 Å². The van der Waals surface area contributed by atoms with E-state index in [-0.39, 0.29) is 17.3 Å². The number of hydrogen-bond acceptors (Lipinski definition) is 6. The molecule has 0 unspecified atom stereocenters. The van der Waals surface area contributed by atoms with Crippen LogP contribution in [-0.2, 0) is 24.3 Å². The third-order valence-corrected chi connectivity index (χ3v) is 6.11. The number of nitrogens with two attached hydrogens (primary N) is 1. The number of carbonyl (C=O) groups is 1.